The zero-order valence-electron chi connectivity index (χ0n) is 7.87. The van der Waals surface area contributed by atoms with Crippen molar-refractivity contribution in [3.8, 4) is 0 Å². The van der Waals surface area contributed by atoms with Crippen LogP contribution in [0.4, 0.5) is 0 Å². The van der Waals surface area contributed by atoms with Crippen LogP contribution in [0.3, 0.4) is 0 Å². The summed E-state index contributed by atoms with van der Waals surface area (Å²) in [6, 6.07) is 9.44. The molecule has 0 aromatic heterocycles. The van der Waals surface area contributed by atoms with Crippen LogP contribution in [-0.4, -0.2) is 13.2 Å². The SMILES string of the molecule is C=CCOCC.Clc1ccccc1. The summed E-state index contributed by atoms with van der Waals surface area (Å²) in [5, 5.41) is 0.794. The van der Waals surface area contributed by atoms with Gasteiger partial charge in [-0.1, -0.05) is 35.9 Å². The van der Waals surface area contributed by atoms with E-state index in [1.807, 2.05) is 37.3 Å². The van der Waals surface area contributed by atoms with Crippen molar-refractivity contribution in [2.45, 2.75) is 6.92 Å². The first-order valence-corrected chi connectivity index (χ1v) is 4.58. The fourth-order valence-corrected chi connectivity index (χ4v) is 0.761. The molecule has 1 rings (SSSR count). The van der Waals surface area contributed by atoms with Gasteiger partial charge >= 0.3 is 0 Å². The summed E-state index contributed by atoms with van der Waals surface area (Å²) in [7, 11) is 0. The molecule has 0 aliphatic rings. The van der Waals surface area contributed by atoms with Crippen molar-refractivity contribution < 1.29 is 4.74 Å². The van der Waals surface area contributed by atoms with Crippen LogP contribution < -0.4 is 0 Å². The van der Waals surface area contributed by atoms with Gasteiger partial charge in [-0.2, -0.15) is 0 Å². The fourth-order valence-electron chi connectivity index (χ4n) is 0.616. The lowest BCUT2D eigenvalue weighted by molar-refractivity contribution is 0.178. The molecule has 1 nitrogen and oxygen atoms in total. The second-order valence-corrected chi connectivity index (χ2v) is 2.68. The van der Waals surface area contributed by atoms with Crippen molar-refractivity contribution in [2.75, 3.05) is 13.2 Å². The van der Waals surface area contributed by atoms with Crippen molar-refractivity contribution in [1.29, 1.82) is 0 Å². The summed E-state index contributed by atoms with van der Waals surface area (Å²) < 4.78 is 4.86. The summed E-state index contributed by atoms with van der Waals surface area (Å²) in [6.45, 7) is 6.90. The number of rotatable bonds is 3. The third kappa shape index (κ3) is 9.12. The Bertz CT molecular complexity index is 209. The van der Waals surface area contributed by atoms with Gasteiger partial charge in [0.2, 0.25) is 0 Å². The van der Waals surface area contributed by atoms with E-state index < -0.39 is 0 Å². The predicted octanol–water partition coefficient (Wildman–Crippen LogP) is 3.55. The van der Waals surface area contributed by atoms with E-state index in [0.29, 0.717) is 6.61 Å². The Morgan fingerprint density at radius 1 is 1.38 bits per heavy atom. The van der Waals surface area contributed by atoms with Crippen molar-refractivity contribution in [2.24, 2.45) is 0 Å². The van der Waals surface area contributed by atoms with E-state index in [4.69, 9.17) is 16.3 Å². The van der Waals surface area contributed by atoms with Crippen molar-refractivity contribution >= 4 is 11.6 Å². The van der Waals surface area contributed by atoms with Gasteiger partial charge in [0, 0.05) is 11.6 Å². The average molecular weight is 199 g/mol. The van der Waals surface area contributed by atoms with E-state index in [1.165, 1.54) is 0 Å². The smallest absolute Gasteiger partial charge is 0.0644 e. The minimum atomic E-state index is 0.677. The molecule has 0 saturated carbocycles. The molecular weight excluding hydrogens is 184 g/mol. The molecule has 72 valence electrons. The van der Waals surface area contributed by atoms with Gasteiger partial charge in [0.15, 0.2) is 0 Å². The molecule has 1 aromatic rings. The van der Waals surface area contributed by atoms with Crippen molar-refractivity contribution in [1.82, 2.24) is 0 Å². The van der Waals surface area contributed by atoms with Gasteiger partial charge in [-0.15, -0.1) is 6.58 Å². The van der Waals surface area contributed by atoms with Crippen LogP contribution >= 0.6 is 11.6 Å². The lowest BCUT2D eigenvalue weighted by Gasteiger charge is -1.88. The Kier molecular flexibility index (Phi) is 8.73. The molecule has 0 saturated heterocycles. The van der Waals surface area contributed by atoms with Crippen LogP contribution in [0.1, 0.15) is 6.92 Å². The highest BCUT2D eigenvalue weighted by atomic mass is 35.5. The molecule has 13 heavy (non-hydrogen) atoms. The third-order valence-corrected chi connectivity index (χ3v) is 1.42. The molecule has 0 amide bonds. The first-order chi connectivity index (χ1) is 6.31. The highest BCUT2D eigenvalue weighted by Gasteiger charge is 1.74. The van der Waals surface area contributed by atoms with Crippen LogP contribution in [0, 0.1) is 0 Å². The van der Waals surface area contributed by atoms with Gasteiger partial charge in [0.05, 0.1) is 6.61 Å². The van der Waals surface area contributed by atoms with E-state index in [9.17, 15) is 0 Å². The zero-order valence-corrected chi connectivity index (χ0v) is 8.63. The lowest BCUT2D eigenvalue weighted by atomic mass is 10.4. The summed E-state index contributed by atoms with van der Waals surface area (Å²) in [5.74, 6) is 0. The average Bonchev–Trinajstić information content (AvgIpc) is 2.17. The van der Waals surface area contributed by atoms with Gasteiger partial charge in [-0.3, -0.25) is 0 Å². The number of hydrogen-bond donors (Lipinski definition) is 0. The zero-order chi connectivity index (χ0) is 9.94. The molecule has 0 unspecified atom stereocenters. The van der Waals surface area contributed by atoms with Gasteiger partial charge in [0.1, 0.15) is 0 Å². The molecule has 0 aliphatic carbocycles. The molecule has 0 radical (unpaired) electrons. The van der Waals surface area contributed by atoms with E-state index in [-0.39, 0.29) is 0 Å². The van der Waals surface area contributed by atoms with Crippen LogP contribution in [-0.2, 0) is 4.74 Å². The summed E-state index contributed by atoms with van der Waals surface area (Å²) >= 11 is 5.54. The molecule has 1 aromatic carbocycles. The molecule has 0 fully saturated rings. The summed E-state index contributed by atoms with van der Waals surface area (Å²) in [6.07, 6.45) is 1.74. The first kappa shape index (κ1) is 12.2. The quantitative estimate of drug-likeness (QED) is 0.533. The Labute approximate surface area is 85.0 Å². The maximum atomic E-state index is 5.54. The summed E-state index contributed by atoms with van der Waals surface area (Å²) in [4.78, 5) is 0. The maximum Gasteiger partial charge on any atom is 0.0644 e. The van der Waals surface area contributed by atoms with Gasteiger partial charge in [-0.05, 0) is 19.1 Å². The number of halogens is 1. The van der Waals surface area contributed by atoms with Crippen LogP contribution in [0.25, 0.3) is 0 Å². The molecule has 2 heteroatoms. The highest BCUT2D eigenvalue weighted by Crippen LogP contribution is 2.03. The Hall–Kier alpha value is -0.790. The Morgan fingerprint density at radius 3 is 2.23 bits per heavy atom. The van der Waals surface area contributed by atoms with Crippen molar-refractivity contribution in [3.05, 3.63) is 48.0 Å². The van der Waals surface area contributed by atoms with E-state index >= 15 is 0 Å². The molecular formula is C11H15ClO. The molecule has 0 bridgehead atoms. The molecule has 0 atom stereocenters. The fraction of sp³-hybridized carbons (Fsp3) is 0.273. The largest absolute Gasteiger partial charge is 0.378 e. The topological polar surface area (TPSA) is 9.23 Å². The minimum Gasteiger partial charge on any atom is -0.378 e. The highest BCUT2D eigenvalue weighted by molar-refractivity contribution is 6.30. The van der Waals surface area contributed by atoms with Crippen LogP contribution in [0.15, 0.2) is 43.0 Å². The van der Waals surface area contributed by atoms with Gasteiger partial charge in [-0.25, -0.2) is 0 Å². The number of ether oxygens (including phenoxy) is 1. The lowest BCUT2D eigenvalue weighted by Crippen LogP contribution is -1.86. The number of benzene rings is 1. The van der Waals surface area contributed by atoms with E-state index in [1.54, 1.807) is 6.08 Å². The van der Waals surface area contributed by atoms with Crippen LogP contribution in [0.5, 0.6) is 0 Å². The van der Waals surface area contributed by atoms with E-state index in [2.05, 4.69) is 6.58 Å². The second kappa shape index (κ2) is 9.30. The third-order valence-electron chi connectivity index (χ3n) is 1.17. The maximum absolute atomic E-state index is 5.54. The molecule has 0 N–H and O–H groups in total. The Balaban J connectivity index is 0.000000226. The van der Waals surface area contributed by atoms with Gasteiger partial charge in [0.25, 0.3) is 0 Å². The summed E-state index contributed by atoms with van der Waals surface area (Å²) in [5.41, 5.74) is 0. The number of hydrogen-bond acceptors (Lipinski definition) is 1. The van der Waals surface area contributed by atoms with E-state index in [0.717, 1.165) is 11.6 Å². The van der Waals surface area contributed by atoms with Crippen LogP contribution in [0.2, 0.25) is 5.02 Å². The molecule has 0 spiro atoms. The molecule has 0 aliphatic heterocycles. The predicted molar refractivity (Wildman–Crippen MR) is 58.1 cm³/mol. The standard InChI is InChI=1S/C6H5Cl.C5H10O/c7-6-4-2-1-3-5-6;1-3-5-6-4-2/h1-5H;3H,1,4-5H2,2H3. The monoisotopic (exact) mass is 198 g/mol. The Morgan fingerprint density at radius 2 is 2.00 bits per heavy atom. The first-order valence-electron chi connectivity index (χ1n) is 4.20. The second-order valence-electron chi connectivity index (χ2n) is 2.24. The minimum absolute atomic E-state index is 0.677. The van der Waals surface area contributed by atoms with Crippen molar-refractivity contribution in [3.63, 3.8) is 0 Å². The van der Waals surface area contributed by atoms with Gasteiger partial charge < -0.3 is 4.74 Å². The normalized spacial score (nSPS) is 8.46. The molecule has 0 heterocycles.